The maximum absolute atomic E-state index is 13.9. The molecule has 0 radical (unpaired) electrons. The molecule has 0 aliphatic heterocycles. The molecule has 18 heavy (non-hydrogen) atoms. The second-order valence-corrected chi connectivity index (χ2v) is 4.22. The standard InChI is InChI=1S/C14H13F2N.Pd/c1-9(2)11-7-10(15)8-12(16)14(11)13-5-3-4-6-17-13;/h3-9H,1-2H3;. The van der Waals surface area contributed by atoms with Crippen molar-refractivity contribution in [2.75, 3.05) is 0 Å². The van der Waals surface area contributed by atoms with Gasteiger partial charge in [-0.25, -0.2) is 8.78 Å². The monoisotopic (exact) mass is 339 g/mol. The number of aromatic nitrogens is 1. The van der Waals surface area contributed by atoms with Crippen LogP contribution in [0.15, 0.2) is 36.5 Å². The fourth-order valence-electron chi connectivity index (χ4n) is 1.83. The number of benzene rings is 1. The Morgan fingerprint density at radius 3 is 2.39 bits per heavy atom. The number of hydrogen-bond acceptors (Lipinski definition) is 1. The molecular formula is C14H13F2NPd. The van der Waals surface area contributed by atoms with Crippen molar-refractivity contribution in [1.29, 1.82) is 0 Å². The third-order valence-corrected chi connectivity index (χ3v) is 2.63. The molecule has 1 aromatic heterocycles. The molecule has 0 N–H and O–H groups in total. The van der Waals surface area contributed by atoms with E-state index in [1.807, 2.05) is 13.8 Å². The Labute approximate surface area is 119 Å². The molecular weight excluding hydrogens is 327 g/mol. The van der Waals surface area contributed by atoms with Gasteiger partial charge >= 0.3 is 0 Å². The summed E-state index contributed by atoms with van der Waals surface area (Å²) < 4.78 is 27.1. The second kappa shape index (κ2) is 6.17. The van der Waals surface area contributed by atoms with Gasteiger partial charge in [-0.1, -0.05) is 19.9 Å². The summed E-state index contributed by atoms with van der Waals surface area (Å²) >= 11 is 0. The van der Waals surface area contributed by atoms with Crippen LogP contribution in [0.2, 0.25) is 0 Å². The fraction of sp³-hybridized carbons (Fsp3) is 0.214. The molecule has 98 valence electrons. The van der Waals surface area contributed by atoms with E-state index in [4.69, 9.17) is 0 Å². The van der Waals surface area contributed by atoms with Crippen LogP contribution in [-0.4, -0.2) is 4.98 Å². The molecule has 0 saturated carbocycles. The molecule has 0 saturated heterocycles. The minimum absolute atomic E-state index is 0. The van der Waals surface area contributed by atoms with Gasteiger partial charge in [0.15, 0.2) is 0 Å². The summed E-state index contributed by atoms with van der Waals surface area (Å²) in [5.41, 5.74) is 1.57. The third-order valence-electron chi connectivity index (χ3n) is 2.63. The second-order valence-electron chi connectivity index (χ2n) is 4.22. The average Bonchev–Trinajstić information content (AvgIpc) is 2.29. The summed E-state index contributed by atoms with van der Waals surface area (Å²) in [4.78, 5) is 4.12. The summed E-state index contributed by atoms with van der Waals surface area (Å²) in [6.07, 6.45) is 1.60. The fourth-order valence-corrected chi connectivity index (χ4v) is 1.83. The molecule has 0 spiro atoms. The minimum Gasteiger partial charge on any atom is -0.256 e. The smallest absolute Gasteiger partial charge is 0.135 e. The first-order valence-electron chi connectivity index (χ1n) is 5.50. The molecule has 0 bridgehead atoms. The Hall–Kier alpha value is -1.11. The van der Waals surface area contributed by atoms with Gasteiger partial charge in [0.2, 0.25) is 0 Å². The Morgan fingerprint density at radius 1 is 1.11 bits per heavy atom. The van der Waals surface area contributed by atoms with Gasteiger partial charge in [-0.3, -0.25) is 4.98 Å². The van der Waals surface area contributed by atoms with Crippen molar-refractivity contribution < 1.29 is 29.2 Å². The Balaban J connectivity index is 0.00000162. The number of pyridine rings is 1. The van der Waals surface area contributed by atoms with Gasteiger partial charge in [-0.15, -0.1) is 0 Å². The van der Waals surface area contributed by atoms with Gasteiger partial charge in [-0.2, -0.15) is 0 Å². The van der Waals surface area contributed by atoms with Gasteiger partial charge in [0.25, 0.3) is 0 Å². The average molecular weight is 340 g/mol. The minimum atomic E-state index is -0.563. The summed E-state index contributed by atoms with van der Waals surface area (Å²) in [5, 5.41) is 0. The van der Waals surface area contributed by atoms with E-state index in [2.05, 4.69) is 4.98 Å². The van der Waals surface area contributed by atoms with Gasteiger partial charge in [0, 0.05) is 38.2 Å². The molecule has 0 aliphatic rings. The van der Waals surface area contributed by atoms with Crippen LogP contribution in [-0.2, 0) is 20.4 Å². The van der Waals surface area contributed by atoms with E-state index < -0.39 is 11.6 Å². The van der Waals surface area contributed by atoms with Crippen LogP contribution in [0.4, 0.5) is 8.78 Å². The largest absolute Gasteiger partial charge is 0.256 e. The van der Waals surface area contributed by atoms with Crippen molar-refractivity contribution >= 4 is 0 Å². The van der Waals surface area contributed by atoms with E-state index >= 15 is 0 Å². The molecule has 0 aliphatic carbocycles. The van der Waals surface area contributed by atoms with Gasteiger partial charge in [0.05, 0.1) is 5.69 Å². The predicted octanol–water partition coefficient (Wildman–Crippen LogP) is 4.15. The van der Waals surface area contributed by atoms with Crippen molar-refractivity contribution in [2.45, 2.75) is 19.8 Å². The first-order chi connectivity index (χ1) is 8.09. The van der Waals surface area contributed by atoms with E-state index in [0.717, 1.165) is 6.07 Å². The van der Waals surface area contributed by atoms with Crippen LogP contribution in [0, 0.1) is 11.6 Å². The van der Waals surface area contributed by atoms with Gasteiger partial charge in [-0.05, 0) is 29.7 Å². The number of hydrogen-bond donors (Lipinski definition) is 0. The molecule has 0 unspecified atom stereocenters. The normalized spacial score (nSPS) is 10.3. The molecule has 1 aromatic carbocycles. The van der Waals surface area contributed by atoms with Crippen LogP contribution in [0.5, 0.6) is 0 Å². The molecule has 1 heterocycles. The zero-order valence-corrected chi connectivity index (χ0v) is 11.6. The maximum atomic E-state index is 13.9. The summed E-state index contributed by atoms with van der Waals surface area (Å²) in [6.45, 7) is 3.81. The van der Waals surface area contributed by atoms with Crippen molar-refractivity contribution in [3.8, 4) is 11.3 Å². The first kappa shape index (κ1) is 15.0. The van der Waals surface area contributed by atoms with Crippen LogP contribution < -0.4 is 0 Å². The SMILES string of the molecule is CC(C)c1cc(F)cc(F)c1-c1ccccn1.[Pd]. The van der Waals surface area contributed by atoms with E-state index in [0.29, 0.717) is 16.8 Å². The molecule has 0 fully saturated rings. The summed E-state index contributed by atoms with van der Waals surface area (Å²) in [7, 11) is 0. The molecule has 4 heteroatoms. The van der Waals surface area contributed by atoms with Gasteiger partial charge < -0.3 is 0 Å². The van der Waals surface area contributed by atoms with Crippen molar-refractivity contribution in [2.24, 2.45) is 0 Å². The van der Waals surface area contributed by atoms with E-state index in [1.54, 1.807) is 24.4 Å². The summed E-state index contributed by atoms with van der Waals surface area (Å²) in [5.74, 6) is -1.07. The molecule has 2 aromatic rings. The predicted molar refractivity (Wildman–Crippen MR) is 63.7 cm³/mol. The Kier molecular flexibility index (Phi) is 5.13. The van der Waals surface area contributed by atoms with Crippen LogP contribution in [0.3, 0.4) is 0 Å². The maximum Gasteiger partial charge on any atom is 0.135 e. The number of nitrogens with zero attached hydrogens (tertiary/aromatic N) is 1. The molecule has 0 atom stereocenters. The quantitative estimate of drug-likeness (QED) is 0.749. The number of halogens is 2. The number of rotatable bonds is 2. The zero-order valence-electron chi connectivity index (χ0n) is 10.1. The molecule has 0 amide bonds. The molecule has 1 nitrogen and oxygen atoms in total. The van der Waals surface area contributed by atoms with E-state index in [9.17, 15) is 8.78 Å². The van der Waals surface area contributed by atoms with Crippen LogP contribution in [0.25, 0.3) is 11.3 Å². The summed E-state index contributed by atoms with van der Waals surface area (Å²) in [6, 6.07) is 7.55. The van der Waals surface area contributed by atoms with Gasteiger partial charge in [0.1, 0.15) is 11.6 Å². The topological polar surface area (TPSA) is 12.9 Å². The van der Waals surface area contributed by atoms with Crippen molar-refractivity contribution in [1.82, 2.24) is 4.98 Å². The van der Waals surface area contributed by atoms with E-state index in [-0.39, 0.29) is 26.3 Å². The first-order valence-corrected chi connectivity index (χ1v) is 5.50. The molecule has 2 rings (SSSR count). The zero-order chi connectivity index (χ0) is 12.4. The third kappa shape index (κ3) is 3.01. The van der Waals surface area contributed by atoms with Crippen molar-refractivity contribution in [3.63, 3.8) is 0 Å². The van der Waals surface area contributed by atoms with Crippen molar-refractivity contribution in [3.05, 3.63) is 53.7 Å². The van der Waals surface area contributed by atoms with E-state index in [1.165, 1.54) is 6.07 Å². The van der Waals surface area contributed by atoms with Crippen LogP contribution in [0.1, 0.15) is 25.3 Å². The Morgan fingerprint density at radius 2 is 1.83 bits per heavy atom. The van der Waals surface area contributed by atoms with Crippen LogP contribution >= 0.6 is 0 Å². The Bertz CT molecular complexity index is 527.